The first-order chi connectivity index (χ1) is 13.3. The summed E-state index contributed by atoms with van der Waals surface area (Å²) >= 11 is 11.5. The SMILES string of the molecule is CC(=O)c1ccc(N2CCN(C(=S)Nc3ccc(C(=O)O)c(Cl)c3)CC2)cc1. The van der Waals surface area contributed by atoms with Gasteiger partial charge in [-0.15, -0.1) is 0 Å². The maximum absolute atomic E-state index is 11.4. The zero-order valence-electron chi connectivity index (χ0n) is 15.3. The smallest absolute Gasteiger partial charge is 0.337 e. The van der Waals surface area contributed by atoms with Gasteiger partial charge in [-0.1, -0.05) is 11.6 Å². The van der Waals surface area contributed by atoms with Crippen LogP contribution in [0.25, 0.3) is 0 Å². The number of Topliss-reactive ketones (excluding diaryl/α,β-unsaturated/α-hetero) is 1. The number of thiocarbonyl (C=S) groups is 1. The van der Waals surface area contributed by atoms with Crippen LogP contribution in [-0.2, 0) is 0 Å². The molecule has 1 fully saturated rings. The van der Waals surface area contributed by atoms with E-state index in [0.717, 1.165) is 31.9 Å². The Balaban J connectivity index is 1.57. The maximum atomic E-state index is 11.4. The summed E-state index contributed by atoms with van der Waals surface area (Å²) in [6.07, 6.45) is 0. The molecule has 0 saturated carbocycles. The molecule has 146 valence electrons. The summed E-state index contributed by atoms with van der Waals surface area (Å²) in [4.78, 5) is 26.8. The molecule has 28 heavy (non-hydrogen) atoms. The van der Waals surface area contributed by atoms with E-state index in [9.17, 15) is 9.59 Å². The molecule has 3 rings (SSSR count). The number of ketones is 1. The first-order valence-corrected chi connectivity index (χ1v) is 9.58. The quantitative estimate of drug-likeness (QED) is 0.579. The molecule has 1 saturated heterocycles. The van der Waals surface area contributed by atoms with Gasteiger partial charge in [0.15, 0.2) is 10.9 Å². The molecule has 8 heteroatoms. The molecule has 2 N–H and O–H groups in total. The summed E-state index contributed by atoms with van der Waals surface area (Å²) in [6, 6.07) is 12.3. The Bertz CT molecular complexity index is 909. The van der Waals surface area contributed by atoms with Crippen LogP contribution in [0.1, 0.15) is 27.6 Å². The summed E-state index contributed by atoms with van der Waals surface area (Å²) in [5.74, 6) is -1.00. The van der Waals surface area contributed by atoms with Crippen molar-refractivity contribution < 1.29 is 14.7 Å². The van der Waals surface area contributed by atoms with Gasteiger partial charge in [-0.05, 0) is 61.6 Å². The number of nitrogens with one attached hydrogen (secondary N) is 1. The molecule has 2 aromatic rings. The minimum Gasteiger partial charge on any atom is -0.478 e. The molecule has 0 aliphatic carbocycles. The van der Waals surface area contributed by atoms with Crippen molar-refractivity contribution >= 4 is 52.1 Å². The van der Waals surface area contributed by atoms with Crippen LogP contribution >= 0.6 is 23.8 Å². The van der Waals surface area contributed by atoms with Gasteiger partial charge in [0.2, 0.25) is 0 Å². The number of anilines is 2. The van der Waals surface area contributed by atoms with Crippen LogP contribution < -0.4 is 10.2 Å². The maximum Gasteiger partial charge on any atom is 0.337 e. The Morgan fingerprint density at radius 3 is 2.25 bits per heavy atom. The fourth-order valence-electron chi connectivity index (χ4n) is 3.04. The van der Waals surface area contributed by atoms with Crippen LogP contribution in [-0.4, -0.2) is 53.1 Å². The molecular formula is C20H20ClN3O3S. The van der Waals surface area contributed by atoms with Gasteiger partial charge in [0.25, 0.3) is 0 Å². The highest BCUT2D eigenvalue weighted by molar-refractivity contribution is 7.80. The lowest BCUT2D eigenvalue weighted by Crippen LogP contribution is -2.50. The zero-order chi connectivity index (χ0) is 20.3. The normalized spacial score (nSPS) is 13.9. The van der Waals surface area contributed by atoms with Crippen LogP contribution in [0.15, 0.2) is 42.5 Å². The lowest BCUT2D eigenvalue weighted by Gasteiger charge is -2.37. The number of halogens is 1. The van der Waals surface area contributed by atoms with Crippen LogP contribution in [0.5, 0.6) is 0 Å². The Morgan fingerprint density at radius 2 is 1.71 bits per heavy atom. The van der Waals surface area contributed by atoms with E-state index in [1.807, 2.05) is 24.3 Å². The lowest BCUT2D eigenvalue weighted by atomic mass is 10.1. The molecule has 1 aliphatic heterocycles. The van der Waals surface area contributed by atoms with Gasteiger partial charge in [0, 0.05) is 43.1 Å². The van der Waals surface area contributed by atoms with Crippen molar-refractivity contribution in [2.24, 2.45) is 0 Å². The van der Waals surface area contributed by atoms with Crippen LogP contribution in [0.4, 0.5) is 11.4 Å². The van der Waals surface area contributed by atoms with E-state index in [4.69, 9.17) is 28.9 Å². The number of carbonyl (C=O) groups is 2. The number of hydrogen-bond acceptors (Lipinski definition) is 4. The standard InChI is InChI=1S/C20H20ClN3O3S/c1-13(25)14-2-5-16(6-3-14)23-8-10-24(11-9-23)20(28)22-15-4-7-17(19(26)27)18(21)12-15/h2-7,12H,8-11H2,1H3,(H,22,28)(H,26,27). The second-order valence-corrected chi connectivity index (χ2v) is 7.30. The third-order valence-corrected chi connectivity index (χ3v) is 5.33. The number of carboxylic acid groups (broad SMARTS) is 1. The number of carboxylic acids is 1. The highest BCUT2D eigenvalue weighted by Gasteiger charge is 2.20. The number of benzene rings is 2. The number of carbonyl (C=O) groups excluding carboxylic acids is 1. The molecule has 1 heterocycles. The number of nitrogens with zero attached hydrogens (tertiary/aromatic N) is 2. The zero-order valence-corrected chi connectivity index (χ0v) is 16.9. The van der Waals surface area contributed by atoms with Gasteiger partial charge in [-0.2, -0.15) is 0 Å². The summed E-state index contributed by atoms with van der Waals surface area (Å²) in [5.41, 5.74) is 2.50. The van der Waals surface area contributed by atoms with Gasteiger partial charge in [0.1, 0.15) is 0 Å². The Morgan fingerprint density at radius 1 is 1.07 bits per heavy atom. The largest absolute Gasteiger partial charge is 0.478 e. The molecule has 0 bridgehead atoms. The molecule has 0 atom stereocenters. The second kappa shape index (κ2) is 8.58. The highest BCUT2D eigenvalue weighted by Crippen LogP contribution is 2.22. The summed E-state index contributed by atoms with van der Waals surface area (Å²) in [6.45, 7) is 4.67. The number of piperazine rings is 1. The van der Waals surface area contributed by atoms with Crippen LogP contribution in [0, 0.1) is 0 Å². The number of hydrogen-bond donors (Lipinski definition) is 2. The lowest BCUT2D eigenvalue weighted by molar-refractivity contribution is 0.0697. The summed E-state index contributed by atoms with van der Waals surface area (Å²) in [5, 5.41) is 12.9. The van der Waals surface area contributed by atoms with E-state index in [-0.39, 0.29) is 16.4 Å². The van der Waals surface area contributed by atoms with Crippen molar-refractivity contribution in [1.29, 1.82) is 0 Å². The van der Waals surface area contributed by atoms with Gasteiger partial charge < -0.3 is 20.2 Å². The second-order valence-electron chi connectivity index (χ2n) is 6.51. The van der Waals surface area contributed by atoms with Crippen LogP contribution in [0.2, 0.25) is 5.02 Å². The van der Waals surface area contributed by atoms with Gasteiger partial charge in [0.05, 0.1) is 10.6 Å². The first-order valence-electron chi connectivity index (χ1n) is 8.80. The van der Waals surface area contributed by atoms with E-state index < -0.39 is 5.97 Å². The van der Waals surface area contributed by atoms with E-state index >= 15 is 0 Å². The first kappa shape index (κ1) is 20.1. The Hall–Kier alpha value is -2.64. The Labute approximate surface area is 173 Å². The topological polar surface area (TPSA) is 72.9 Å². The molecule has 0 unspecified atom stereocenters. The molecule has 6 nitrogen and oxygen atoms in total. The van der Waals surface area contributed by atoms with Crippen LogP contribution in [0.3, 0.4) is 0 Å². The van der Waals surface area contributed by atoms with E-state index in [1.54, 1.807) is 19.1 Å². The third kappa shape index (κ3) is 4.61. The molecule has 2 aromatic carbocycles. The van der Waals surface area contributed by atoms with Crippen molar-refractivity contribution in [2.75, 3.05) is 36.4 Å². The van der Waals surface area contributed by atoms with Gasteiger partial charge >= 0.3 is 5.97 Å². The number of aromatic carboxylic acids is 1. The fraction of sp³-hybridized carbons (Fsp3) is 0.250. The van der Waals surface area contributed by atoms with Gasteiger partial charge in [-0.25, -0.2) is 4.79 Å². The average molecular weight is 418 g/mol. The molecule has 0 aromatic heterocycles. The van der Waals surface area contributed by atoms with E-state index in [2.05, 4.69) is 15.1 Å². The molecule has 0 spiro atoms. The van der Waals surface area contributed by atoms with Crippen molar-refractivity contribution in [2.45, 2.75) is 6.92 Å². The van der Waals surface area contributed by atoms with Crippen molar-refractivity contribution in [1.82, 2.24) is 4.90 Å². The predicted molar refractivity (Wildman–Crippen MR) is 115 cm³/mol. The highest BCUT2D eigenvalue weighted by atomic mass is 35.5. The Kier molecular flexibility index (Phi) is 6.16. The minimum atomic E-state index is -1.06. The van der Waals surface area contributed by atoms with Crippen molar-refractivity contribution in [3.05, 3.63) is 58.6 Å². The molecular weight excluding hydrogens is 398 g/mol. The predicted octanol–water partition coefficient (Wildman–Crippen LogP) is 3.76. The van der Waals surface area contributed by atoms with E-state index in [0.29, 0.717) is 16.4 Å². The van der Waals surface area contributed by atoms with Gasteiger partial charge in [-0.3, -0.25) is 4.79 Å². The third-order valence-electron chi connectivity index (χ3n) is 4.66. The summed E-state index contributed by atoms with van der Waals surface area (Å²) < 4.78 is 0. The van der Waals surface area contributed by atoms with Crippen molar-refractivity contribution in [3.63, 3.8) is 0 Å². The van der Waals surface area contributed by atoms with E-state index in [1.165, 1.54) is 6.07 Å². The monoisotopic (exact) mass is 417 g/mol. The molecule has 0 amide bonds. The average Bonchev–Trinajstić information content (AvgIpc) is 2.68. The minimum absolute atomic E-state index is 0.0579. The molecule has 0 radical (unpaired) electrons. The fourth-order valence-corrected chi connectivity index (χ4v) is 3.61. The molecule has 1 aliphatic rings. The van der Waals surface area contributed by atoms with Crippen molar-refractivity contribution in [3.8, 4) is 0 Å². The number of rotatable bonds is 4. The summed E-state index contributed by atoms with van der Waals surface area (Å²) in [7, 11) is 0.